The zero-order valence-electron chi connectivity index (χ0n) is 10.6. The molecule has 0 radical (unpaired) electrons. The van der Waals surface area contributed by atoms with Gasteiger partial charge in [0.15, 0.2) is 0 Å². The van der Waals surface area contributed by atoms with Crippen LogP contribution in [0, 0.1) is 0 Å². The molecule has 1 fully saturated rings. The lowest BCUT2D eigenvalue weighted by molar-refractivity contribution is 0.194. The maximum atomic E-state index is 11.2. The second kappa shape index (κ2) is 5.98. The molecule has 0 aromatic rings. The van der Waals surface area contributed by atoms with Crippen LogP contribution in [0.2, 0.25) is 0 Å². The summed E-state index contributed by atoms with van der Waals surface area (Å²) in [4.78, 5) is 2.41. The second-order valence-electron chi connectivity index (χ2n) is 4.89. The van der Waals surface area contributed by atoms with E-state index in [1.165, 1.54) is 19.2 Å². The molecule has 0 saturated carbocycles. The average molecular weight is 248 g/mol. The molecule has 1 heterocycles. The fourth-order valence-corrected chi connectivity index (χ4v) is 3.39. The number of likely N-dealkylation sites (N-methyl/N-ethyl adjacent to an activating group) is 1. The average Bonchev–Trinajstić information content (AvgIpc) is 2.15. The van der Waals surface area contributed by atoms with Crippen LogP contribution in [0.3, 0.4) is 0 Å². The van der Waals surface area contributed by atoms with Gasteiger partial charge >= 0.3 is 0 Å². The van der Waals surface area contributed by atoms with Gasteiger partial charge in [-0.3, -0.25) is 0 Å². The Labute approximate surface area is 99.3 Å². The van der Waals surface area contributed by atoms with Crippen molar-refractivity contribution >= 4 is 9.84 Å². The molecule has 1 N–H and O–H groups in total. The van der Waals surface area contributed by atoms with Crippen molar-refractivity contribution < 1.29 is 8.42 Å². The fourth-order valence-electron chi connectivity index (χ4n) is 2.38. The van der Waals surface area contributed by atoms with Crippen molar-refractivity contribution in [3.8, 4) is 0 Å². The Morgan fingerprint density at radius 1 is 1.50 bits per heavy atom. The fraction of sp³-hybridized carbons (Fsp3) is 1.00. The van der Waals surface area contributed by atoms with Crippen LogP contribution in [-0.2, 0) is 9.84 Å². The lowest BCUT2D eigenvalue weighted by Crippen LogP contribution is -2.49. The van der Waals surface area contributed by atoms with Gasteiger partial charge in [0.1, 0.15) is 9.84 Å². The molecule has 0 aromatic heterocycles. The van der Waals surface area contributed by atoms with Gasteiger partial charge in [-0.15, -0.1) is 0 Å². The van der Waals surface area contributed by atoms with Crippen LogP contribution in [0.25, 0.3) is 0 Å². The van der Waals surface area contributed by atoms with Crippen LogP contribution < -0.4 is 5.32 Å². The molecule has 2 unspecified atom stereocenters. The molecule has 0 spiro atoms. The highest BCUT2D eigenvalue weighted by atomic mass is 32.2. The van der Waals surface area contributed by atoms with Crippen molar-refractivity contribution in [1.29, 1.82) is 0 Å². The molecule has 5 heteroatoms. The maximum absolute atomic E-state index is 11.2. The first kappa shape index (κ1) is 13.9. The highest BCUT2D eigenvalue weighted by Crippen LogP contribution is 2.10. The van der Waals surface area contributed by atoms with Gasteiger partial charge in [-0.25, -0.2) is 8.42 Å². The number of nitrogens with zero attached hydrogens (tertiary/aromatic N) is 1. The largest absolute Gasteiger partial charge is 0.309 e. The predicted molar refractivity (Wildman–Crippen MR) is 67.4 cm³/mol. The molecule has 1 aliphatic rings. The van der Waals surface area contributed by atoms with Crippen LogP contribution in [0.1, 0.15) is 26.7 Å². The molecule has 0 amide bonds. The molecule has 16 heavy (non-hydrogen) atoms. The summed E-state index contributed by atoms with van der Waals surface area (Å²) in [6, 6.07) is 0.502. The number of piperidine rings is 1. The molecular formula is C11H24N2O2S. The Hall–Kier alpha value is -0.130. The quantitative estimate of drug-likeness (QED) is 0.769. The third-order valence-corrected chi connectivity index (χ3v) is 4.13. The van der Waals surface area contributed by atoms with E-state index < -0.39 is 9.84 Å². The monoisotopic (exact) mass is 248 g/mol. The van der Waals surface area contributed by atoms with E-state index in [0.717, 1.165) is 19.5 Å². The Balaban J connectivity index is 2.36. The maximum Gasteiger partial charge on any atom is 0.148 e. The van der Waals surface area contributed by atoms with Crippen LogP contribution in [0.4, 0.5) is 0 Å². The number of nitrogens with one attached hydrogen (secondary N) is 1. The number of likely N-dealkylation sites (tertiary alicyclic amines) is 1. The van der Waals surface area contributed by atoms with Crippen molar-refractivity contribution in [3.05, 3.63) is 0 Å². The van der Waals surface area contributed by atoms with E-state index in [1.807, 2.05) is 6.92 Å². The van der Waals surface area contributed by atoms with Gasteiger partial charge in [-0.2, -0.15) is 0 Å². The van der Waals surface area contributed by atoms with Crippen LogP contribution in [0.5, 0.6) is 0 Å². The summed E-state index contributed by atoms with van der Waals surface area (Å²) >= 11 is 0. The van der Waals surface area contributed by atoms with E-state index in [0.29, 0.717) is 6.04 Å². The van der Waals surface area contributed by atoms with Gasteiger partial charge in [-0.05, 0) is 32.9 Å². The van der Waals surface area contributed by atoms with Crippen molar-refractivity contribution in [3.63, 3.8) is 0 Å². The van der Waals surface area contributed by atoms with E-state index in [4.69, 9.17) is 0 Å². The highest BCUT2D eigenvalue weighted by Gasteiger charge is 2.21. The summed E-state index contributed by atoms with van der Waals surface area (Å²) in [7, 11) is -2.87. The summed E-state index contributed by atoms with van der Waals surface area (Å²) in [6.07, 6.45) is 3.66. The molecule has 96 valence electrons. The molecule has 1 rings (SSSR count). The number of hydrogen-bond acceptors (Lipinski definition) is 4. The second-order valence-corrected chi connectivity index (χ2v) is 7.08. The normalized spacial score (nSPS) is 25.6. The highest BCUT2D eigenvalue weighted by molar-refractivity contribution is 7.90. The van der Waals surface area contributed by atoms with Gasteiger partial charge < -0.3 is 10.2 Å². The lowest BCUT2D eigenvalue weighted by Gasteiger charge is -2.34. The zero-order chi connectivity index (χ0) is 12.2. The SMILES string of the molecule is CCN1CCCC(NC(C)CS(C)(=O)=O)C1. The summed E-state index contributed by atoms with van der Waals surface area (Å²) in [5, 5.41) is 3.42. The third-order valence-electron chi connectivity index (χ3n) is 3.03. The van der Waals surface area contributed by atoms with Gasteiger partial charge in [0.05, 0.1) is 5.75 Å². The minimum absolute atomic E-state index is 0.0526. The summed E-state index contributed by atoms with van der Waals surface area (Å²) in [6.45, 7) is 7.42. The topological polar surface area (TPSA) is 49.4 Å². The Bertz CT molecular complexity index is 303. The molecule has 0 aliphatic carbocycles. The van der Waals surface area contributed by atoms with E-state index >= 15 is 0 Å². The standard InChI is InChI=1S/C11H24N2O2S/c1-4-13-7-5-6-11(8-13)12-10(2)9-16(3,14)15/h10-12H,4-9H2,1-3H3. The van der Waals surface area contributed by atoms with E-state index in [-0.39, 0.29) is 11.8 Å². The molecule has 1 aliphatic heterocycles. The Morgan fingerprint density at radius 2 is 2.19 bits per heavy atom. The van der Waals surface area contributed by atoms with Gasteiger partial charge in [0, 0.05) is 24.9 Å². The molecular weight excluding hydrogens is 224 g/mol. The number of sulfone groups is 1. The first-order valence-electron chi connectivity index (χ1n) is 6.07. The molecule has 4 nitrogen and oxygen atoms in total. The van der Waals surface area contributed by atoms with Gasteiger partial charge in [0.2, 0.25) is 0 Å². The van der Waals surface area contributed by atoms with E-state index in [1.54, 1.807) is 0 Å². The van der Waals surface area contributed by atoms with Crippen molar-refractivity contribution in [2.45, 2.75) is 38.8 Å². The predicted octanol–water partition coefficient (Wildman–Crippen LogP) is 0.493. The molecule has 1 saturated heterocycles. The third kappa shape index (κ3) is 5.27. The first-order chi connectivity index (χ1) is 7.40. The summed E-state index contributed by atoms with van der Waals surface area (Å²) < 4.78 is 22.3. The minimum Gasteiger partial charge on any atom is -0.309 e. The Kier molecular flexibility index (Phi) is 5.21. The van der Waals surface area contributed by atoms with Crippen molar-refractivity contribution in [1.82, 2.24) is 10.2 Å². The smallest absolute Gasteiger partial charge is 0.148 e. The van der Waals surface area contributed by atoms with E-state index in [2.05, 4.69) is 17.1 Å². The van der Waals surface area contributed by atoms with Crippen LogP contribution in [-0.4, -0.2) is 57.0 Å². The Morgan fingerprint density at radius 3 is 2.75 bits per heavy atom. The van der Waals surface area contributed by atoms with Crippen LogP contribution >= 0.6 is 0 Å². The number of rotatable bonds is 5. The molecule has 0 aromatic carbocycles. The minimum atomic E-state index is -2.87. The van der Waals surface area contributed by atoms with Gasteiger partial charge in [0.25, 0.3) is 0 Å². The summed E-state index contributed by atoms with van der Waals surface area (Å²) in [5.41, 5.74) is 0. The van der Waals surface area contributed by atoms with Crippen LogP contribution in [0.15, 0.2) is 0 Å². The molecule has 0 bridgehead atoms. The van der Waals surface area contributed by atoms with E-state index in [9.17, 15) is 8.42 Å². The van der Waals surface area contributed by atoms with Gasteiger partial charge in [-0.1, -0.05) is 6.92 Å². The number of hydrogen-bond donors (Lipinski definition) is 1. The first-order valence-corrected chi connectivity index (χ1v) is 8.13. The van der Waals surface area contributed by atoms with Crippen molar-refractivity contribution in [2.75, 3.05) is 31.6 Å². The zero-order valence-corrected chi connectivity index (χ0v) is 11.4. The lowest BCUT2D eigenvalue weighted by atomic mass is 10.1. The summed E-state index contributed by atoms with van der Waals surface area (Å²) in [5.74, 6) is 0.232. The van der Waals surface area contributed by atoms with Crippen molar-refractivity contribution in [2.24, 2.45) is 0 Å². The molecule has 2 atom stereocenters.